The van der Waals surface area contributed by atoms with E-state index < -0.39 is 0 Å². The number of thioether (sulfide) groups is 1. The zero-order valence-corrected chi connectivity index (χ0v) is 10.3. The summed E-state index contributed by atoms with van der Waals surface area (Å²) in [4.78, 5) is 11.4. The highest BCUT2D eigenvalue weighted by atomic mass is 32.2. The van der Waals surface area contributed by atoms with Crippen LogP contribution in [0.15, 0.2) is 9.95 Å². The van der Waals surface area contributed by atoms with E-state index in [0.717, 1.165) is 12.2 Å². The van der Waals surface area contributed by atoms with Crippen molar-refractivity contribution in [2.24, 2.45) is 5.73 Å². The Morgan fingerprint density at radius 3 is 2.94 bits per heavy atom. The van der Waals surface area contributed by atoms with Crippen LogP contribution in [0.5, 0.6) is 0 Å². The van der Waals surface area contributed by atoms with Gasteiger partial charge in [0.15, 0.2) is 5.16 Å². The van der Waals surface area contributed by atoms with Crippen molar-refractivity contribution >= 4 is 17.6 Å². The average Bonchev–Trinajstić information content (AvgIpc) is 2.54. The molecule has 0 saturated carbocycles. The number of nitrogens with one attached hydrogen (secondary N) is 2. The highest BCUT2D eigenvalue weighted by molar-refractivity contribution is 7.99. The molecule has 1 aromatic heterocycles. The molecule has 1 heterocycles. The van der Waals surface area contributed by atoms with Gasteiger partial charge in [0.1, 0.15) is 0 Å². The lowest BCUT2D eigenvalue weighted by Crippen LogP contribution is -2.19. The summed E-state index contributed by atoms with van der Waals surface area (Å²) in [5.41, 5.74) is 5.07. The number of nitrogens with two attached hydrogens (primary N) is 1. The lowest BCUT2D eigenvalue weighted by molar-refractivity contribution is 0.534. The van der Waals surface area contributed by atoms with Crippen molar-refractivity contribution in [1.29, 1.82) is 5.41 Å². The Bertz CT molecular complexity index is 408. The summed E-state index contributed by atoms with van der Waals surface area (Å²) in [6.07, 6.45) is 1.41. The van der Waals surface area contributed by atoms with Gasteiger partial charge < -0.3 is 5.73 Å². The Morgan fingerprint density at radius 1 is 1.69 bits per heavy atom. The van der Waals surface area contributed by atoms with Gasteiger partial charge in [-0.3, -0.25) is 9.98 Å². The van der Waals surface area contributed by atoms with Gasteiger partial charge in [0.05, 0.1) is 5.84 Å². The van der Waals surface area contributed by atoms with E-state index in [-0.39, 0.29) is 17.6 Å². The minimum Gasteiger partial charge on any atom is -0.388 e. The van der Waals surface area contributed by atoms with Crippen molar-refractivity contribution in [1.82, 2.24) is 14.8 Å². The molecule has 0 radical (unpaired) electrons. The summed E-state index contributed by atoms with van der Waals surface area (Å²) >= 11 is 1.51. The van der Waals surface area contributed by atoms with Crippen molar-refractivity contribution in [2.45, 2.75) is 37.9 Å². The Morgan fingerprint density at radius 2 is 2.38 bits per heavy atom. The molecule has 0 fully saturated rings. The summed E-state index contributed by atoms with van der Waals surface area (Å²) in [6.45, 7) is 3.88. The maximum absolute atomic E-state index is 11.4. The predicted octanol–water partition coefficient (Wildman–Crippen LogP) is 0.961. The van der Waals surface area contributed by atoms with Crippen molar-refractivity contribution in [3.05, 3.63) is 10.5 Å². The zero-order valence-electron chi connectivity index (χ0n) is 9.49. The topological polar surface area (TPSA) is 101 Å². The number of hydrogen-bond acceptors (Lipinski definition) is 4. The smallest absolute Gasteiger partial charge is 0.344 e. The third kappa shape index (κ3) is 3.41. The van der Waals surface area contributed by atoms with Crippen molar-refractivity contribution in [3.8, 4) is 0 Å². The molecular weight excluding hydrogens is 226 g/mol. The molecule has 0 aliphatic carbocycles. The number of rotatable bonds is 6. The molecule has 90 valence electrons. The number of aromatic nitrogens is 3. The van der Waals surface area contributed by atoms with Crippen molar-refractivity contribution in [2.75, 3.05) is 5.75 Å². The molecule has 0 atom stereocenters. The standard InChI is InChI=1S/C9H17N5OS/c1-6(2)14-8(15)12-13-9(14)16-5-3-4-7(10)11/h6H,3-5H2,1-2H3,(H3,10,11)(H,12,15). The third-order valence-corrected chi connectivity index (χ3v) is 3.05. The zero-order chi connectivity index (χ0) is 12.1. The molecule has 0 spiro atoms. The fraction of sp³-hybridized carbons (Fsp3) is 0.667. The maximum atomic E-state index is 11.4. The molecule has 0 aliphatic rings. The molecule has 0 aliphatic heterocycles. The predicted molar refractivity (Wildman–Crippen MR) is 65.1 cm³/mol. The Kier molecular flexibility index (Phi) is 4.60. The van der Waals surface area contributed by atoms with Gasteiger partial charge in [-0.15, -0.1) is 5.10 Å². The Labute approximate surface area is 98.1 Å². The van der Waals surface area contributed by atoms with E-state index in [2.05, 4.69) is 10.2 Å². The molecule has 0 amide bonds. The van der Waals surface area contributed by atoms with Crippen LogP contribution in [0.2, 0.25) is 0 Å². The van der Waals surface area contributed by atoms with E-state index in [1.54, 1.807) is 4.57 Å². The molecule has 7 heteroatoms. The van der Waals surface area contributed by atoms with Gasteiger partial charge in [0, 0.05) is 18.2 Å². The quantitative estimate of drug-likeness (QED) is 0.300. The lowest BCUT2D eigenvalue weighted by Gasteiger charge is -2.07. The van der Waals surface area contributed by atoms with Crippen LogP contribution in [-0.2, 0) is 0 Å². The second kappa shape index (κ2) is 5.74. The minimum absolute atomic E-state index is 0.0987. The molecule has 6 nitrogen and oxygen atoms in total. The van der Waals surface area contributed by atoms with E-state index in [9.17, 15) is 4.79 Å². The van der Waals surface area contributed by atoms with E-state index in [1.807, 2.05) is 13.8 Å². The number of aromatic amines is 1. The van der Waals surface area contributed by atoms with E-state index >= 15 is 0 Å². The van der Waals surface area contributed by atoms with Crippen LogP contribution in [0, 0.1) is 5.41 Å². The first kappa shape index (κ1) is 12.8. The first-order valence-electron chi connectivity index (χ1n) is 5.15. The van der Waals surface area contributed by atoms with Crippen molar-refractivity contribution in [3.63, 3.8) is 0 Å². The molecular formula is C9H17N5OS. The SMILES string of the molecule is CC(C)n1c(SCCCC(=N)N)n[nH]c1=O. The van der Waals surface area contributed by atoms with Crippen LogP contribution in [0.4, 0.5) is 0 Å². The number of amidine groups is 1. The summed E-state index contributed by atoms with van der Waals surface area (Å²) in [5.74, 6) is 1.00. The molecule has 1 rings (SSSR count). The first-order valence-corrected chi connectivity index (χ1v) is 6.13. The summed E-state index contributed by atoms with van der Waals surface area (Å²) in [5, 5.41) is 14.2. The van der Waals surface area contributed by atoms with Gasteiger partial charge in [-0.05, 0) is 20.3 Å². The highest BCUT2D eigenvalue weighted by Gasteiger charge is 2.11. The van der Waals surface area contributed by atoms with Crippen LogP contribution >= 0.6 is 11.8 Å². The van der Waals surface area contributed by atoms with Crippen LogP contribution in [0.1, 0.15) is 32.7 Å². The van der Waals surface area contributed by atoms with Gasteiger partial charge in [0.2, 0.25) is 0 Å². The van der Waals surface area contributed by atoms with Gasteiger partial charge in [-0.2, -0.15) is 0 Å². The number of H-pyrrole nitrogens is 1. The van der Waals surface area contributed by atoms with Crippen LogP contribution in [0.3, 0.4) is 0 Å². The number of hydrogen-bond donors (Lipinski definition) is 3. The number of nitrogens with zero attached hydrogens (tertiary/aromatic N) is 2. The first-order chi connectivity index (χ1) is 7.52. The Balaban J connectivity index is 2.54. The van der Waals surface area contributed by atoms with Crippen molar-refractivity contribution < 1.29 is 0 Å². The molecule has 0 saturated heterocycles. The van der Waals surface area contributed by atoms with E-state index in [4.69, 9.17) is 11.1 Å². The fourth-order valence-electron chi connectivity index (χ4n) is 1.27. The maximum Gasteiger partial charge on any atom is 0.344 e. The van der Waals surface area contributed by atoms with Gasteiger partial charge in [-0.25, -0.2) is 9.89 Å². The molecule has 0 unspecified atom stereocenters. The van der Waals surface area contributed by atoms with Gasteiger partial charge >= 0.3 is 5.69 Å². The van der Waals surface area contributed by atoms with Crippen LogP contribution < -0.4 is 11.4 Å². The fourth-order valence-corrected chi connectivity index (χ4v) is 2.29. The third-order valence-electron chi connectivity index (χ3n) is 2.01. The minimum atomic E-state index is -0.177. The van der Waals surface area contributed by atoms with E-state index in [1.165, 1.54) is 11.8 Å². The second-order valence-corrected chi connectivity index (χ2v) is 4.81. The molecule has 0 aromatic carbocycles. The molecule has 16 heavy (non-hydrogen) atoms. The van der Waals surface area contributed by atoms with E-state index in [0.29, 0.717) is 11.6 Å². The monoisotopic (exact) mass is 243 g/mol. The molecule has 4 N–H and O–H groups in total. The summed E-state index contributed by atoms with van der Waals surface area (Å²) in [6, 6.07) is 0.0987. The van der Waals surface area contributed by atoms with Gasteiger partial charge in [0.25, 0.3) is 0 Å². The van der Waals surface area contributed by atoms with Gasteiger partial charge in [-0.1, -0.05) is 11.8 Å². The highest BCUT2D eigenvalue weighted by Crippen LogP contribution is 2.17. The summed E-state index contributed by atoms with van der Waals surface area (Å²) in [7, 11) is 0. The average molecular weight is 243 g/mol. The second-order valence-electron chi connectivity index (χ2n) is 3.75. The normalized spacial score (nSPS) is 10.9. The molecule has 1 aromatic rings. The Hall–Kier alpha value is -1.24. The summed E-state index contributed by atoms with van der Waals surface area (Å²) < 4.78 is 1.62. The largest absolute Gasteiger partial charge is 0.388 e. The van der Waals surface area contributed by atoms with Crippen LogP contribution in [0.25, 0.3) is 0 Å². The molecule has 0 bridgehead atoms. The van der Waals surface area contributed by atoms with Crippen LogP contribution in [-0.4, -0.2) is 26.4 Å². The lowest BCUT2D eigenvalue weighted by atomic mass is 10.3.